The van der Waals surface area contributed by atoms with Crippen LogP contribution in [-0.2, 0) is 4.74 Å². The van der Waals surface area contributed by atoms with Crippen molar-refractivity contribution in [3.8, 4) is 0 Å². The third-order valence-corrected chi connectivity index (χ3v) is 2.34. The van der Waals surface area contributed by atoms with Crippen LogP contribution >= 0.6 is 0 Å². The van der Waals surface area contributed by atoms with Gasteiger partial charge in [-0.1, -0.05) is 12.1 Å². The molecule has 0 spiro atoms. The molecule has 90 valence electrons. The first-order chi connectivity index (χ1) is 7.79. The molecule has 0 aliphatic heterocycles. The molecule has 2 N–H and O–H groups in total. The Balaban J connectivity index is 2.51. The number of rotatable bonds is 7. The zero-order valence-corrected chi connectivity index (χ0v) is 9.66. The topological polar surface area (TPSA) is 38.5 Å². The second kappa shape index (κ2) is 7.19. The van der Waals surface area contributed by atoms with Gasteiger partial charge >= 0.3 is 0 Å². The summed E-state index contributed by atoms with van der Waals surface area (Å²) < 4.78 is 18.8. The Morgan fingerprint density at radius 1 is 1.31 bits per heavy atom. The number of likely N-dealkylation sites (N-methyl/N-ethyl adjacent to an activating group) is 1. The van der Waals surface area contributed by atoms with Crippen molar-refractivity contribution in [1.29, 1.82) is 0 Å². The number of anilines is 1. The Hall–Kier alpha value is -1.13. The third kappa shape index (κ3) is 3.79. The largest absolute Gasteiger partial charge is 0.378 e. The molecule has 0 amide bonds. The summed E-state index contributed by atoms with van der Waals surface area (Å²) in [7, 11) is 0. The summed E-state index contributed by atoms with van der Waals surface area (Å²) in [6.07, 6.45) is 0. The molecule has 0 saturated heterocycles. The van der Waals surface area contributed by atoms with E-state index in [1.165, 1.54) is 6.07 Å². The van der Waals surface area contributed by atoms with Gasteiger partial charge in [-0.25, -0.2) is 4.39 Å². The van der Waals surface area contributed by atoms with E-state index in [9.17, 15) is 4.39 Å². The fourth-order valence-corrected chi connectivity index (χ4v) is 1.52. The highest BCUT2D eigenvalue weighted by molar-refractivity contribution is 5.47. The molecule has 0 bridgehead atoms. The monoisotopic (exact) mass is 226 g/mol. The Morgan fingerprint density at radius 3 is 2.69 bits per heavy atom. The van der Waals surface area contributed by atoms with Gasteiger partial charge in [-0.2, -0.15) is 0 Å². The minimum atomic E-state index is -0.192. The van der Waals surface area contributed by atoms with E-state index < -0.39 is 0 Å². The van der Waals surface area contributed by atoms with Crippen LogP contribution in [0.5, 0.6) is 0 Å². The van der Waals surface area contributed by atoms with Gasteiger partial charge in [0.25, 0.3) is 0 Å². The normalized spacial score (nSPS) is 10.4. The zero-order valence-electron chi connectivity index (χ0n) is 9.66. The molecule has 0 aromatic heterocycles. The predicted molar refractivity (Wildman–Crippen MR) is 64.2 cm³/mol. The molecule has 0 aliphatic rings. The van der Waals surface area contributed by atoms with Crippen molar-refractivity contribution in [2.75, 3.05) is 37.7 Å². The predicted octanol–water partition coefficient (Wildman–Crippen LogP) is 1.63. The van der Waals surface area contributed by atoms with Crippen molar-refractivity contribution in [3.05, 3.63) is 30.1 Å². The van der Waals surface area contributed by atoms with E-state index in [1.54, 1.807) is 12.1 Å². The van der Waals surface area contributed by atoms with E-state index in [1.807, 2.05) is 17.9 Å². The van der Waals surface area contributed by atoms with Crippen molar-refractivity contribution in [2.45, 2.75) is 6.92 Å². The van der Waals surface area contributed by atoms with Crippen LogP contribution in [0.3, 0.4) is 0 Å². The summed E-state index contributed by atoms with van der Waals surface area (Å²) in [5.74, 6) is -0.192. The van der Waals surface area contributed by atoms with Gasteiger partial charge in [-0.15, -0.1) is 0 Å². The number of benzene rings is 1. The molecule has 1 rings (SSSR count). The highest BCUT2D eigenvalue weighted by atomic mass is 19.1. The molecule has 4 heteroatoms. The maximum atomic E-state index is 13.5. The molecule has 0 radical (unpaired) electrons. The first-order valence-electron chi connectivity index (χ1n) is 5.57. The van der Waals surface area contributed by atoms with Crippen molar-refractivity contribution >= 4 is 5.69 Å². The first kappa shape index (κ1) is 12.9. The number of hydrogen-bond acceptors (Lipinski definition) is 3. The second-order valence-electron chi connectivity index (χ2n) is 3.43. The highest BCUT2D eigenvalue weighted by Crippen LogP contribution is 2.17. The van der Waals surface area contributed by atoms with E-state index in [0.29, 0.717) is 32.0 Å². The molecule has 0 aliphatic carbocycles. The molecule has 3 nitrogen and oxygen atoms in total. The summed E-state index contributed by atoms with van der Waals surface area (Å²) in [5.41, 5.74) is 5.94. The van der Waals surface area contributed by atoms with Crippen molar-refractivity contribution in [2.24, 2.45) is 5.73 Å². The quantitative estimate of drug-likeness (QED) is 0.718. The van der Waals surface area contributed by atoms with Gasteiger partial charge in [0.05, 0.1) is 18.9 Å². The second-order valence-corrected chi connectivity index (χ2v) is 3.43. The summed E-state index contributed by atoms with van der Waals surface area (Å²) in [5, 5.41) is 0. The van der Waals surface area contributed by atoms with Gasteiger partial charge in [0, 0.05) is 19.6 Å². The highest BCUT2D eigenvalue weighted by Gasteiger charge is 2.08. The number of hydrogen-bond donors (Lipinski definition) is 1. The van der Waals surface area contributed by atoms with Crippen LogP contribution in [0.4, 0.5) is 10.1 Å². The third-order valence-electron chi connectivity index (χ3n) is 2.34. The van der Waals surface area contributed by atoms with Crippen molar-refractivity contribution in [1.82, 2.24) is 0 Å². The maximum Gasteiger partial charge on any atom is 0.146 e. The lowest BCUT2D eigenvalue weighted by Gasteiger charge is -2.23. The standard InChI is InChI=1S/C12H19FN2O/c1-2-15(8-10-16-9-7-14)12-6-4-3-5-11(12)13/h3-6H,2,7-10,14H2,1H3. The molecule has 1 aromatic rings. The van der Waals surface area contributed by atoms with Crippen LogP contribution in [0.15, 0.2) is 24.3 Å². The summed E-state index contributed by atoms with van der Waals surface area (Å²) in [6.45, 7) is 5.07. The molecule has 0 saturated carbocycles. The van der Waals surface area contributed by atoms with Gasteiger partial charge in [0.15, 0.2) is 0 Å². The molecule has 0 fully saturated rings. The van der Waals surface area contributed by atoms with Gasteiger partial charge in [0.2, 0.25) is 0 Å². The smallest absolute Gasteiger partial charge is 0.146 e. The number of nitrogens with two attached hydrogens (primary N) is 1. The van der Waals surface area contributed by atoms with Crippen LogP contribution in [0, 0.1) is 5.82 Å². The van der Waals surface area contributed by atoms with E-state index in [4.69, 9.17) is 10.5 Å². The Bertz CT molecular complexity index is 307. The van der Waals surface area contributed by atoms with Crippen molar-refractivity contribution in [3.63, 3.8) is 0 Å². The van der Waals surface area contributed by atoms with E-state index >= 15 is 0 Å². The summed E-state index contributed by atoms with van der Waals surface area (Å²) in [6, 6.07) is 6.78. The Kier molecular flexibility index (Phi) is 5.82. The summed E-state index contributed by atoms with van der Waals surface area (Å²) >= 11 is 0. The lowest BCUT2D eigenvalue weighted by atomic mass is 10.2. The fourth-order valence-electron chi connectivity index (χ4n) is 1.52. The number of nitrogens with zero attached hydrogens (tertiary/aromatic N) is 1. The van der Waals surface area contributed by atoms with Crippen LogP contribution in [0.2, 0.25) is 0 Å². The minimum Gasteiger partial charge on any atom is -0.378 e. The van der Waals surface area contributed by atoms with Crippen LogP contribution in [0.25, 0.3) is 0 Å². The van der Waals surface area contributed by atoms with Gasteiger partial charge in [-0.05, 0) is 19.1 Å². The minimum absolute atomic E-state index is 0.192. The lowest BCUT2D eigenvalue weighted by Crippen LogP contribution is -2.28. The molecule has 0 atom stereocenters. The molecule has 0 unspecified atom stereocenters. The van der Waals surface area contributed by atoms with Crippen LogP contribution in [-0.4, -0.2) is 32.8 Å². The van der Waals surface area contributed by atoms with E-state index in [-0.39, 0.29) is 5.82 Å². The molecule has 1 aromatic carbocycles. The number of halogens is 1. The average molecular weight is 226 g/mol. The first-order valence-corrected chi connectivity index (χ1v) is 5.57. The zero-order chi connectivity index (χ0) is 11.8. The van der Waals surface area contributed by atoms with Gasteiger partial charge in [-0.3, -0.25) is 0 Å². The van der Waals surface area contributed by atoms with Crippen LogP contribution in [0.1, 0.15) is 6.92 Å². The van der Waals surface area contributed by atoms with Gasteiger partial charge < -0.3 is 15.4 Å². The van der Waals surface area contributed by atoms with E-state index in [2.05, 4.69) is 0 Å². The Labute approximate surface area is 96.0 Å². The number of ether oxygens (including phenoxy) is 1. The Morgan fingerprint density at radius 2 is 2.06 bits per heavy atom. The van der Waals surface area contributed by atoms with Gasteiger partial charge in [0.1, 0.15) is 5.82 Å². The molecular weight excluding hydrogens is 207 g/mol. The average Bonchev–Trinajstić information content (AvgIpc) is 2.31. The summed E-state index contributed by atoms with van der Waals surface area (Å²) in [4.78, 5) is 1.95. The van der Waals surface area contributed by atoms with E-state index in [0.717, 1.165) is 6.54 Å². The molecular formula is C12H19FN2O. The van der Waals surface area contributed by atoms with Crippen LogP contribution < -0.4 is 10.6 Å². The van der Waals surface area contributed by atoms with Crippen molar-refractivity contribution < 1.29 is 9.13 Å². The fraction of sp³-hybridized carbons (Fsp3) is 0.500. The SMILES string of the molecule is CCN(CCOCCN)c1ccccc1F. The molecule has 0 heterocycles. The number of para-hydroxylation sites is 1. The molecule has 16 heavy (non-hydrogen) atoms. The lowest BCUT2D eigenvalue weighted by molar-refractivity contribution is 0.147. The maximum absolute atomic E-state index is 13.5.